The van der Waals surface area contributed by atoms with Crippen LogP contribution in [0.3, 0.4) is 0 Å². The minimum absolute atomic E-state index is 0.225. The molecule has 0 aromatic rings. The van der Waals surface area contributed by atoms with E-state index in [1.54, 1.807) is 0 Å². The van der Waals surface area contributed by atoms with Gasteiger partial charge in [0.25, 0.3) is 5.70 Å². The van der Waals surface area contributed by atoms with Gasteiger partial charge in [0.1, 0.15) is 0 Å². The normalized spacial score (nSPS) is 19.2. The molecule has 1 N–H and O–H groups in total. The Kier molecular flexibility index (Phi) is 4.05. The number of aliphatic carboxylic acids is 1. The van der Waals surface area contributed by atoms with E-state index >= 15 is 0 Å². The largest absolute Gasteiger partial charge is 0.486 e. The molecule has 1 heterocycles. The van der Waals surface area contributed by atoms with Crippen LogP contribution in [0.2, 0.25) is 0 Å². The molecule has 0 aromatic heterocycles. The molecule has 5 nitrogen and oxygen atoms in total. The fraction of sp³-hybridized carbons (Fsp3) is 0.636. The quantitative estimate of drug-likeness (QED) is 0.573. The molecular weight excluding hydrogens is 208 g/mol. The highest BCUT2D eigenvalue weighted by atomic mass is 16.5. The van der Waals surface area contributed by atoms with Crippen molar-refractivity contribution in [1.29, 1.82) is 0 Å². The Morgan fingerprint density at radius 2 is 2.06 bits per heavy atom. The van der Waals surface area contributed by atoms with Crippen LogP contribution in [0.4, 0.5) is 0 Å². The standard InChI is InChI=1S/C11H16N2O3/c1-11(2,8-9(12-3)10(14)15)13-4-6-16-7-5-13/h8H,4-7H2,1-2H3,(H,14,15). The van der Waals surface area contributed by atoms with Crippen molar-refractivity contribution in [1.82, 2.24) is 4.90 Å². The smallest absolute Gasteiger partial charge is 0.333 e. The number of carboxylic acid groups (broad SMARTS) is 1. The van der Waals surface area contributed by atoms with E-state index < -0.39 is 11.5 Å². The topological polar surface area (TPSA) is 54.1 Å². The lowest BCUT2D eigenvalue weighted by molar-refractivity contribution is -0.132. The summed E-state index contributed by atoms with van der Waals surface area (Å²) in [6, 6.07) is 0. The molecule has 1 aliphatic heterocycles. The predicted octanol–water partition coefficient (Wildman–Crippen LogP) is 0.985. The zero-order valence-corrected chi connectivity index (χ0v) is 9.56. The maximum absolute atomic E-state index is 10.8. The summed E-state index contributed by atoms with van der Waals surface area (Å²) in [6.45, 7) is 13.5. The van der Waals surface area contributed by atoms with Crippen molar-refractivity contribution in [2.75, 3.05) is 26.3 Å². The van der Waals surface area contributed by atoms with Crippen molar-refractivity contribution >= 4 is 5.97 Å². The van der Waals surface area contributed by atoms with Crippen LogP contribution in [0.25, 0.3) is 4.85 Å². The molecule has 0 aliphatic carbocycles. The third kappa shape index (κ3) is 3.05. The first-order valence-electron chi connectivity index (χ1n) is 5.14. The number of carbonyl (C=O) groups is 1. The monoisotopic (exact) mass is 224 g/mol. The third-order valence-electron chi connectivity index (χ3n) is 2.66. The van der Waals surface area contributed by atoms with E-state index in [2.05, 4.69) is 9.74 Å². The second-order valence-corrected chi connectivity index (χ2v) is 4.20. The number of carboxylic acids is 1. The van der Waals surface area contributed by atoms with Gasteiger partial charge in [0, 0.05) is 18.6 Å². The lowest BCUT2D eigenvalue weighted by Gasteiger charge is -2.39. The summed E-state index contributed by atoms with van der Waals surface area (Å²) in [6.07, 6.45) is 1.51. The fourth-order valence-corrected chi connectivity index (χ4v) is 1.71. The summed E-state index contributed by atoms with van der Waals surface area (Å²) in [5.74, 6) is -1.17. The van der Waals surface area contributed by atoms with E-state index in [0.29, 0.717) is 13.2 Å². The molecule has 0 aromatic carbocycles. The number of rotatable bonds is 3. The van der Waals surface area contributed by atoms with E-state index in [-0.39, 0.29) is 5.70 Å². The average molecular weight is 224 g/mol. The summed E-state index contributed by atoms with van der Waals surface area (Å²) >= 11 is 0. The van der Waals surface area contributed by atoms with Gasteiger partial charge in [-0.1, -0.05) is 6.08 Å². The molecule has 1 rings (SSSR count). The van der Waals surface area contributed by atoms with Crippen molar-refractivity contribution < 1.29 is 14.6 Å². The summed E-state index contributed by atoms with van der Waals surface area (Å²) < 4.78 is 5.23. The first-order valence-corrected chi connectivity index (χ1v) is 5.14. The highest BCUT2D eigenvalue weighted by molar-refractivity contribution is 5.88. The van der Waals surface area contributed by atoms with Crippen LogP contribution in [0.5, 0.6) is 0 Å². The first kappa shape index (κ1) is 12.7. The van der Waals surface area contributed by atoms with Gasteiger partial charge in [-0.2, -0.15) is 0 Å². The van der Waals surface area contributed by atoms with E-state index in [1.807, 2.05) is 13.8 Å². The molecule has 0 radical (unpaired) electrons. The van der Waals surface area contributed by atoms with Gasteiger partial charge in [-0.15, -0.1) is 0 Å². The molecule has 0 saturated carbocycles. The Balaban J connectivity index is 2.83. The second-order valence-electron chi connectivity index (χ2n) is 4.20. The van der Waals surface area contributed by atoms with Crippen molar-refractivity contribution in [2.45, 2.75) is 19.4 Å². The van der Waals surface area contributed by atoms with E-state index in [9.17, 15) is 4.79 Å². The van der Waals surface area contributed by atoms with Crippen LogP contribution in [0.1, 0.15) is 13.8 Å². The highest BCUT2D eigenvalue weighted by Crippen LogP contribution is 2.20. The van der Waals surface area contributed by atoms with Gasteiger partial charge in [0.15, 0.2) is 0 Å². The van der Waals surface area contributed by atoms with E-state index in [4.69, 9.17) is 16.4 Å². The van der Waals surface area contributed by atoms with Crippen molar-refractivity contribution in [2.24, 2.45) is 0 Å². The fourth-order valence-electron chi connectivity index (χ4n) is 1.71. The van der Waals surface area contributed by atoms with Gasteiger partial charge in [-0.3, -0.25) is 9.69 Å². The Hall–Kier alpha value is -1.38. The van der Waals surface area contributed by atoms with Gasteiger partial charge in [-0.25, -0.2) is 4.85 Å². The molecule has 0 unspecified atom stereocenters. The van der Waals surface area contributed by atoms with Crippen LogP contribution in [0, 0.1) is 6.57 Å². The summed E-state index contributed by atoms with van der Waals surface area (Å²) in [5.41, 5.74) is -0.654. The lowest BCUT2D eigenvalue weighted by Crippen LogP contribution is -2.49. The van der Waals surface area contributed by atoms with Gasteiger partial charge < -0.3 is 9.84 Å². The minimum Gasteiger partial charge on any atom is -0.486 e. The Labute approximate surface area is 95.1 Å². The van der Waals surface area contributed by atoms with Crippen LogP contribution in [-0.4, -0.2) is 47.8 Å². The Morgan fingerprint density at radius 3 is 2.50 bits per heavy atom. The van der Waals surface area contributed by atoms with E-state index in [1.165, 1.54) is 6.08 Å². The first-order chi connectivity index (χ1) is 7.47. The number of hydrogen-bond acceptors (Lipinski definition) is 3. The summed E-state index contributed by atoms with van der Waals surface area (Å²) in [5, 5.41) is 8.81. The maximum atomic E-state index is 10.8. The zero-order chi connectivity index (χ0) is 12.2. The van der Waals surface area contributed by atoms with Gasteiger partial charge >= 0.3 is 5.97 Å². The van der Waals surface area contributed by atoms with Crippen LogP contribution in [-0.2, 0) is 9.53 Å². The molecule has 0 atom stereocenters. The van der Waals surface area contributed by atoms with Crippen molar-refractivity contribution in [3.05, 3.63) is 23.2 Å². The molecule has 1 saturated heterocycles. The zero-order valence-electron chi connectivity index (χ0n) is 9.56. The van der Waals surface area contributed by atoms with Crippen LogP contribution >= 0.6 is 0 Å². The maximum Gasteiger partial charge on any atom is 0.333 e. The molecule has 0 amide bonds. The van der Waals surface area contributed by atoms with Gasteiger partial charge in [0.05, 0.1) is 19.8 Å². The SMILES string of the molecule is [C-]#[N+]C(=CC(C)(C)N1CCOCC1)C(=O)O. The van der Waals surface area contributed by atoms with Gasteiger partial charge in [0.2, 0.25) is 0 Å². The minimum atomic E-state index is -1.17. The molecule has 5 heteroatoms. The molecule has 0 bridgehead atoms. The van der Waals surface area contributed by atoms with Crippen molar-refractivity contribution in [3.8, 4) is 0 Å². The predicted molar refractivity (Wildman–Crippen MR) is 58.8 cm³/mol. The van der Waals surface area contributed by atoms with E-state index in [0.717, 1.165) is 13.1 Å². The molecule has 1 fully saturated rings. The molecular formula is C11H16N2O3. The highest BCUT2D eigenvalue weighted by Gasteiger charge is 2.27. The number of hydrogen-bond donors (Lipinski definition) is 1. The van der Waals surface area contributed by atoms with Crippen molar-refractivity contribution in [3.63, 3.8) is 0 Å². The Morgan fingerprint density at radius 1 is 1.50 bits per heavy atom. The van der Waals surface area contributed by atoms with Crippen LogP contribution < -0.4 is 0 Å². The second kappa shape index (κ2) is 5.10. The molecule has 0 spiro atoms. The summed E-state index contributed by atoms with van der Waals surface area (Å²) in [4.78, 5) is 15.9. The molecule has 88 valence electrons. The molecule has 1 aliphatic rings. The third-order valence-corrected chi connectivity index (χ3v) is 2.66. The van der Waals surface area contributed by atoms with Gasteiger partial charge in [-0.05, 0) is 13.8 Å². The number of morpholine rings is 1. The average Bonchev–Trinajstić information content (AvgIpc) is 2.27. The molecule has 16 heavy (non-hydrogen) atoms. The lowest BCUT2D eigenvalue weighted by atomic mass is 10.0. The summed E-state index contributed by atoms with van der Waals surface area (Å²) in [7, 11) is 0. The number of ether oxygens (including phenoxy) is 1. The Bertz CT molecular complexity index is 336. The van der Waals surface area contributed by atoms with Crippen LogP contribution in [0.15, 0.2) is 11.8 Å². The number of nitrogens with zero attached hydrogens (tertiary/aromatic N) is 2.